The van der Waals surface area contributed by atoms with Crippen molar-refractivity contribution in [3.8, 4) is 0 Å². The molecule has 1 aliphatic rings. The summed E-state index contributed by atoms with van der Waals surface area (Å²) in [6.07, 6.45) is 5.60. The minimum Gasteiger partial charge on any atom is -0.301 e. The summed E-state index contributed by atoms with van der Waals surface area (Å²) >= 11 is 0. The maximum atomic E-state index is 2.64. The third kappa shape index (κ3) is 2.22. The Labute approximate surface area is 77.1 Å². The molecule has 0 aromatic carbocycles. The molecule has 0 bridgehead atoms. The zero-order chi connectivity index (χ0) is 8.97. The second-order valence-corrected chi connectivity index (χ2v) is 3.99. The second-order valence-electron chi connectivity index (χ2n) is 3.99. The van der Waals surface area contributed by atoms with E-state index in [2.05, 4.69) is 25.7 Å². The van der Waals surface area contributed by atoms with Crippen LogP contribution in [-0.2, 0) is 0 Å². The number of hydrogen-bond donors (Lipinski definition) is 0. The van der Waals surface area contributed by atoms with Crippen LogP contribution in [0.1, 0.15) is 46.5 Å². The van der Waals surface area contributed by atoms with Gasteiger partial charge in [-0.15, -0.1) is 0 Å². The summed E-state index contributed by atoms with van der Waals surface area (Å²) in [4.78, 5) is 2.64. The van der Waals surface area contributed by atoms with Crippen molar-refractivity contribution in [2.24, 2.45) is 5.92 Å². The van der Waals surface area contributed by atoms with E-state index < -0.39 is 0 Å². The number of nitrogens with zero attached hydrogens (tertiary/aromatic N) is 1. The summed E-state index contributed by atoms with van der Waals surface area (Å²) in [6, 6.07) is 0.883. The van der Waals surface area contributed by atoms with Crippen LogP contribution in [0, 0.1) is 5.92 Å². The molecule has 1 saturated heterocycles. The van der Waals surface area contributed by atoms with Gasteiger partial charge in [-0.2, -0.15) is 0 Å². The highest BCUT2D eigenvalue weighted by Gasteiger charge is 2.24. The number of piperidine rings is 1. The van der Waals surface area contributed by atoms with Crippen LogP contribution in [0.25, 0.3) is 0 Å². The molecular formula is C11H23N. The fourth-order valence-electron chi connectivity index (χ4n) is 2.39. The molecule has 1 fully saturated rings. The molecule has 0 aliphatic carbocycles. The van der Waals surface area contributed by atoms with Gasteiger partial charge in [0.1, 0.15) is 0 Å². The Kier molecular flexibility index (Phi) is 4.07. The highest BCUT2D eigenvalue weighted by Crippen LogP contribution is 2.26. The van der Waals surface area contributed by atoms with E-state index in [9.17, 15) is 0 Å². The lowest BCUT2D eigenvalue weighted by Gasteiger charge is -2.38. The molecular weight excluding hydrogens is 146 g/mol. The molecule has 0 saturated carbocycles. The van der Waals surface area contributed by atoms with Crippen molar-refractivity contribution in [2.75, 3.05) is 13.1 Å². The molecule has 12 heavy (non-hydrogen) atoms. The smallest absolute Gasteiger partial charge is 0.00951 e. The van der Waals surface area contributed by atoms with Gasteiger partial charge in [-0.1, -0.05) is 27.2 Å². The van der Waals surface area contributed by atoms with Gasteiger partial charge in [0, 0.05) is 6.04 Å². The zero-order valence-corrected chi connectivity index (χ0v) is 8.84. The van der Waals surface area contributed by atoms with Gasteiger partial charge in [-0.25, -0.2) is 0 Å². The third-order valence-electron chi connectivity index (χ3n) is 3.40. The Morgan fingerprint density at radius 3 is 2.42 bits per heavy atom. The monoisotopic (exact) mass is 169 g/mol. The van der Waals surface area contributed by atoms with E-state index >= 15 is 0 Å². The van der Waals surface area contributed by atoms with Crippen molar-refractivity contribution < 1.29 is 0 Å². The summed E-state index contributed by atoms with van der Waals surface area (Å²) in [6.45, 7) is 9.53. The van der Waals surface area contributed by atoms with Crippen LogP contribution in [0.15, 0.2) is 0 Å². The van der Waals surface area contributed by atoms with Crippen molar-refractivity contribution >= 4 is 0 Å². The number of rotatable bonds is 3. The maximum absolute atomic E-state index is 2.64. The van der Waals surface area contributed by atoms with E-state index in [1.165, 1.54) is 38.8 Å². The van der Waals surface area contributed by atoms with Gasteiger partial charge in [0.05, 0.1) is 0 Å². The fraction of sp³-hybridized carbons (Fsp3) is 1.00. The number of likely N-dealkylation sites (tertiary alicyclic amines) is 1. The molecule has 2 unspecified atom stereocenters. The average molecular weight is 169 g/mol. The summed E-state index contributed by atoms with van der Waals surface area (Å²) in [5, 5.41) is 0. The van der Waals surface area contributed by atoms with E-state index in [-0.39, 0.29) is 0 Å². The molecule has 2 atom stereocenters. The predicted molar refractivity (Wildman–Crippen MR) is 54.3 cm³/mol. The van der Waals surface area contributed by atoms with E-state index in [4.69, 9.17) is 0 Å². The normalized spacial score (nSPS) is 32.2. The van der Waals surface area contributed by atoms with Crippen LogP contribution < -0.4 is 0 Å². The molecule has 1 aliphatic heterocycles. The first-order valence-electron chi connectivity index (χ1n) is 5.55. The van der Waals surface area contributed by atoms with Crippen molar-refractivity contribution in [3.63, 3.8) is 0 Å². The molecule has 1 heteroatoms. The zero-order valence-electron chi connectivity index (χ0n) is 8.84. The Morgan fingerprint density at radius 2 is 1.92 bits per heavy atom. The average Bonchev–Trinajstić information content (AvgIpc) is 2.16. The molecule has 0 radical (unpaired) electrons. The van der Waals surface area contributed by atoms with E-state index in [1.807, 2.05) is 0 Å². The SMILES string of the molecule is CCC1CCN(CC)C(CC)C1. The third-order valence-corrected chi connectivity index (χ3v) is 3.40. The van der Waals surface area contributed by atoms with Gasteiger partial charge in [0.2, 0.25) is 0 Å². The van der Waals surface area contributed by atoms with Crippen LogP contribution in [0.4, 0.5) is 0 Å². The lowest BCUT2D eigenvalue weighted by atomic mass is 9.88. The predicted octanol–water partition coefficient (Wildman–Crippen LogP) is 2.91. The summed E-state index contributed by atoms with van der Waals surface area (Å²) in [5.74, 6) is 1.01. The molecule has 72 valence electrons. The summed E-state index contributed by atoms with van der Waals surface area (Å²) in [7, 11) is 0. The van der Waals surface area contributed by atoms with Gasteiger partial charge >= 0.3 is 0 Å². The Bertz CT molecular complexity index is 122. The minimum absolute atomic E-state index is 0.883. The number of hydrogen-bond acceptors (Lipinski definition) is 1. The first-order valence-corrected chi connectivity index (χ1v) is 5.55. The van der Waals surface area contributed by atoms with Gasteiger partial charge in [-0.05, 0) is 38.3 Å². The first-order chi connectivity index (χ1) is 5.81. The maximum Gasteiger partial charge on any atom is 0.00951 e. The molecule has 1 rings (SSSR count). The lowest BCUT2D eigenvalue weighted by Crippen LogP contribution is -2.41. The fourth-order valence-corrected chi connectivity index (χ4v) is 2.39. The molecule has 0 amide bonds. The van der Waals surface area contributed by atoms with E-state index in [0.717, 1.165) is 12.0 Å². The molecule has 0 N–H and O–H groups in total. The van der Waals surface area contributed by atoms with Crippen molar-refractivity contribution in [1.29, 1.82) is 0 Å². The molecule has 0 spiro atoms. The van der Waals surface area contributed by atoms with Crippen LogP contribution in [0.3, 0.4) is 0 Å². The van der Waals surface area contributed by atoms with Crippen molar-refractivity contribution in [2.45, 2.75) is 52.5 Å². The molecule has 1 heterocycles. The van der Waals surface area contributed by atoms with Gasteiger partial charge < -0.3 is 4.90 Å². The Balaban J connectivity index is 2.41. The summed E-state index contributed by atoms with van der Waals surface area (Å²) in [5.41, 5.74) is 0. The topological polar surface area (TPSA) is 3.24 Å². The van der Waals surface area contributed by atoms with Crippen LogP contribution in [0.2, 0.25) is 0 Å². The molecule has 1 nitrogen and oxygen atoms in total. The van der Waals surface area contributed by atoms with Crippen LogP contribution in [0.5, 0.6) is 0 Å². The highest BCUT2D eigenvalue weighted by atomic mass is 15.2. The van der Waals surface area contributed by atoms with Gasteiger partial charge in [0.15, 0.2) is 0 Å². The Hall–Kier alpha value is -0.0400. The first kappa shape index (κ1) is 10.0. The lowest BCUT2D eigenvalue weighted by molar-refractivity contribution is 0.113. The largest absolute Gasteiger partial charge is 0.301 e. The van der Waals surface area contributed by atoms with Gasteiger partial charge in [-0.3, -0.25) is 0 Å². The standard InChI is InChI=1S/C11H23N/c1-4-10-7-8-12(6-3)11(5-2)9-10/h10-11H,4-9H2,1-3H3. The van der Waals surface area contributed by atoms with Crippen molar-refractivity contribution in [3.05, 3.63) is 0 Å². The van der Waals surface area contributed by atoms with Gasteiger partial charge in [0.25, 0.3) is 0 Å². The highest BCUT2D eigenvalue weighted by molar-refractivity contribution is 4.79. The second kappa shape index (κ2) is 4.86. The molecule has 0 aromatic heterocycles. The van der Waals surface area contributed by atoms with Crippen LogP contribution in [-0.4, -0.2) is 24.0 Å². The minimum atomic E-state index is 0.883. The molecule has 0 aromatic rings. The van der Waals surface area contributed by atoms with E-state index in [0.29, 0.717) is 0 Å². The van der Waals surface area contributed by atoms with E-state index in [1.54, 1.807) is 0 Å². The quantitative estimate of drug-likeness (QED) is 0.628. The van der Waals surface area contributed by atoms with Crippen molar-refractivity contribution in [1.82, 2.24) is 4.90 Å². The van der Waals surface area contributed by atoms with Crippen LogP contribution >= 0.6 is 0 Å². The Morgan fingerprint density at radius 1 is 1.17 bits per heavy atom. The summed E-state index contributed by atoms with van der Waals surface area (Å²) < 4.78 is 0.